The highest BCUT2D eigenvalue weighted by molar-refractivity contribution is 5.97. The zero-order valence-electron chi connectivity index (χ0n) is 16.2. The van der Waals surface area contributed by atoms with Gasteiger partial charge in [0.15, 0.2) is 6.10 Å². The SMILES string of the molecule is CCCC(=O)Nc1ccc(C(=O)NNC(=O)C(C)Oc2ccc(C)cc2)cc1. The molecule has 0 aliphatic rings. The Bertz CT molecular complexity index is 817. The molecule has 28 heavy (non-hydrogen) atoms. The maximum Gasteiger partial charge on any atom is 0.279 e. The highest BCUT2D eigenvalue weighted by atomic mass is 16.5. The quantitative estimate of drug-likeness (QED) is 0.641. The van der Waals surface area contributed by atoms with Gasteiger partial charge < -0.3 is 10.1 Å². The number of carbonyl (C=O) groups excluding carboxylic acids is 3. The number of hydrazine groups is 1. The van der Waals surface area contributed by atoms with Crippen LogP contribution in [0.2, 0.25) is 0 Å². The van der Waals surface area contributed by atoms with Gasteiger partial charge in [-0.2, -0.15) is 0 Å². The van der Waals surface area contributed by atoms with Crippen LogP contribution in [0.15, 0.2) is 48.5 Å². The third kappa shape index (κ3) is 6.42. The monoisotopic (exact) mass is 383 g/mol. The highest BCUT2D eigenvalue weighted by Crippen LogP contribution is 2.13. The Kier molecular flexibility index (Phi) is 7.56. The van der Waals surface area contributed by atoms with Gasteiger partial charge in [-0.3, -0.25) is 25.2 Å². The summed E-state index contributed by atoms with van der Waals surface area (Å²) in [5.74, 6) is -0.450. The van der Waals surface area contributed by atoms with Crippen molar-refractivity contribution in [3.05, 3.63) is 59.7 Å². The molecule has 3 N–H and O–H groups in total. The van der Waals surface area contributed by atoms with Gasteiger partial charge in [0.25, 0.3) is 11.8 Å². The Morgan fingerprint density at radius 2 is 1.61 bits per heavy atom. The molecule has 3 amide bonds. The standard InChI is InChI=1S/C21H25N3O4/c1-4-5-19(25)22-17-10-8-16(9-11-17)21(27)24-23-20(26)15(3)28-18-12-6-14(2)7-13-18/h6-13,15H,4-5H2,1-3H3,(H,22,25)(H,23,26)(H,24,27). The first-order valence-corrected chi connectivity index (χ1v) is 9.12. The van der Waals surface area contributed by atoms with Crippen molar-refractivity contribution in [2.45, 2.75) is 39.7 Å². The number of nitrogens with one attached hydrogen (secondary N) is 3. The Morgan fingerprint density at radius 1 is 0.964 bits per heavy atom. The molecule has 0 saturated carbocycles. The molecule has 7 nitrogen and oxygen atoms in total. The van der Waals surface area contributed by atoms with Crippen molar-refractivity contribution >= 4 is 23.4 Å². The van der Waals surface area contributed by atoms with E-state index in [4.69, 9.17) is 4.74 Å². The molecule has 0 bridgehead atoms. The van der Waals surface area contributed by atoms with Gasteiger partial charge in [0.1, 0.15) is 5.75 Å². The molecule has 1 atom stereocenters. The van der Waals surface area contributed by atoms with Crippen LogP contribution in [0.3, 0.4) is 0 Å². The molecule has 1 unspecified atom stereocenters. The fourth-order valence-corrected chi connectivity index (χ4v) is 2.32. The lowest BCUT2D eigenvalue weighted by atomic mass is 10.2. The second kappa shape index (κ2) is 10.1. The van der Waals surface area contributed by atoms with E-state index in [1.165, 1.54) is 0 Å². The van der Waals surface area contributed by atoms with E-state index < -0.39 is 17.9 Å². The minimum Gasteiger partial charge on any atom is -0.481 e. The Labute approximate surface area is 164 Å². The molecule has 0 aliphatic heterocycles. The zero-order chi connectivity index (χ0) is 20.5. The number of hydrogen-bond donors (Lipinski definition) is 3. The van der Waals surface area contributed by atoms with Gasteiger partial charge >= 0.3 is 0 Å². The minimum atomic E-state index is -0.779. The molecule has 0 saturated heterocycles. The number of rotatable bonds is 7. The summed E-state index contributed by atoms with van der Waals surface area (Å²) in [6.45, 7) is 5.48. The van der Waals surface area contributed by atoms with Gasteiger partial charge in [0.2, 0.25) is 5.91 Å². The van der Waals surface area contributed by atoms with Gasteiger partial charge in [0, 0.05) is 17.7 Å². The topological polar surface area (TPSA) is 96.5 Å². The Balaban J connectivity index is 1.82. The van der Waals surface area contributed by atoms with Gasteiger partial charge in [0.05, 0.1) is 0 Å². The van der Waals surface area contributed by atoms with Crippen molar-refractivity contribution in [2.75, 3.05) is 5.32 Å². The van der Waals surface area contributed by atoms with Crippen molar-refractivity contribution in [1.29, 1.82) is 0 Å². The van der Waals surface area contributed by atoms with E-state index in [-0.39, 0.29) is 5.91 Å². The van der Waals surface area contributed by atoms with E-state index >= 15 is 0 Å². The van der Waals surface area contributed by atoms with Gasteiger partial charge in [-0.1, -0.05) is 24.6 Å². The van der Waals surface area contributed by atoms with E-state index in [1.807, 2.05) is 26.0 Å². The largest absolute Gasteiger partial charge is 0.481 e. The van der Waals surface area contributed by atoms with E-state index in [1.54, 1.807) is 43.3 Å². The smallest absolute Gasteiger partial charge is 0.279 e. The summed E-state index contributed by atoms with van der Waals surface area (Å²) in [5.41, 5.74) is 6.74. The maximum absolute atomic E-state index is 12.1. The summed E-state index contributed by atoms with van der Waals surface area (Å²) < 4.78 is 5.54. The summed E-state index contributed by atoms with van der Waals surface area (Å²) in [6.07, 6.45) is 0.425. The van der Waals surface area contributed by atoms with Crippen LogP contribution in [0.25, 0.3) is 0 Å². The van der Waals surface area contributed by atoms with E-state index in [0.717, 1.165) is 12.0 Å². The Hall–Kier alpha value is -3.35. The van der Waals surface area contributed by atoms with E-state index in [9.17, 15) is 14.4 Å². The molecule has 0 fully saturated rings. The van der Waals surface area contributed by atoms with Crippen LogP contribution in [0.5, 0.6) is 5.75 Å². The van der Waals surface area contributed by atoms with Crippen molar-refractivity contribution in [3.63, 3.8) is 0 Å². The van der Waals surface area contributed by atoms with Gasteiger partial charge in [-0.05, 0) is 56.7 Å². The van der Waals surface area contributed by atoms with Crippen molar-refractivity contribution in [2.24, 2.45) is 0 Å². The number of aryl methyl sites for hydroxylation is 1. The molecule has 0 aromatic heterocycles. The van der Waals surface area contributed by atoms with Crippen LogP contribution in [0, 0.1) is 6.92 Å². The summed E-state index contributed by atoms with van der Waals surface area (Å²) in [5, 5.41) is 2.74. The minimum absolute atomic E-state index is 0.0745. The second-order valence-corrected chi connectivity index (χ2v) is 6.39. The highest BCUT2D eigenvalue weighted by Gasteiger charge is 2.16. The molecule has 0 radical (unpaired) electrons. The number of anilines is 1. The first-order chi connectivity index (χ1) is 13.4. The number of ether oxygens (including phenoxy) is 1. The molecule has 2 rings (SSSR count). The predicted molar refractivity (Wildman–Crippen MR) is 107 cm³/mol. The molecule has 0 heterocycles. The normalized spacial score (nSPS) is 11.2. The third-order valence-electron chi connectivity index (χ3n) is 3.91. The Morgan fingerprint density at radius 3 is 2.21 bits per heavy atom. The molecule has 7 heteroatoms. The lowest BCUT2D eigenvalue weighted by Gasteiger charge is -2.15. The molecule has 2 aromatic rings. The van der Waals surface area contributed by atoms with E-state index in [0.29, 0.717) is 23.4 Å². The fourth-order valence-electron chi connectivity index (χ4n) is 2.32. The summed E-state index contributed by atoms with van der Waals surface area (Å²) in [4.78, 5) is 35.8. The van der Waals surface area contributed by atoms with Gasteiger partial charge in [-0.25, -0.2) is 0 Å². The predicted octanol–water partition coefficient (Wildman–Crippen LogP) is 2.96. The average molecular weight is 383 g/mol. The number of benzene rings is 2. The van der Waals surface area contributed by atoms with Crippen molar-refractivity contribution < 1.29 is 19.1 Å². The van der Waals surface area contributed by atoms with Crippen molar-refractivity contribution in [1.82, 2.24) is 10.9 Å². The van der Waals surface area contributed by atoms with Crippen LogP contribution in [0.4, 0.5) is 5.69 Å². The van der Waals surface area contributed by atoms with Crippen LogP contribution in [-0.4, -0.2) is 23.8 Å². The second-order valence-electron chi connectivity index (χ2n) is 6.39. The zero-order valence-corrected chi connectivity index (χ0v) is 16.2. The lowest BCUT2D eigenvalue weighted by molar-refractivity contribution is -0.128. The number of amides is 3. The van der Waals surface area contributed by atoms with Crippen LogP contribution in [0.1, 0.15) is 42.6 Å². The first kappa shape index (κ1) is 21.0. The molecule has 148 valence electrons. The maximum atomic E-state index is 12.1. The van der Waals surface area contributed by atoms with Gasteiger partial charge in [-0.15, -0.1) is 0 Å². The molecular weight excluding hydrogens is 358 g/mol. The summed E-state index contributed by atoms with van der Waals surface area (Å²) in [7, 11) is 0. The molecule has 0 aliphatic carbocycles. The fraction of sp³-hybridized carbons (Fsp3) is 0.286. The van der Waals surface area contributed by atoms with Crippen LogP contribution < -0.4 is 20.9 Å². The first-order valence-electron chi connectivity index (χ1n) is 9.12. The third-order valence-corrected chi connectivity index (χ3v) is 3.91. The molecule has 0 spiro atoms. The van der Waals surface area contributed by atoms with Crippen molar-refractivity contribution in [3.8, 4) is 5.75 Å². The average Bonchev–Trinajstić information content (AvgIpc) is 2.68. The molecule has 2 aromatic carbocycles. The van der Waals surface area contributed by atoms with Crippen LogP contribution in [-0.2, 0) is 9.59 Å². The molecular formula is C21H25N3O4. The van der Waals surface area contributed by atoms with E-state index in [2.05, 4.69) is 16.2 Å². The summed E-state index contributed by atoms with van der Waals surface area (Å²) in [6, 6.07) is 13.7. The van der Waals surface area contributed by atoms with Crippen LogP contribution >= 0.6 is 0 Å². The number of carbonyl (C=O) groups is 3. The lowest BCUT2D eigenvalue weighted by Crippen LogP contribution is -2.47. The number of hydrogen-bond acceptors (Lipinski definition) is 4. The summed E-state index contributed by atoms with van der Waals surface area (Å²) >= 11 is 0.